The monoisotopic (exact) mass is 518 g/mol. The Bertz CT molecular complexity index is 1820. The molecule has 3 aromatic carbocycles. The molecule has 3 aliphatic carbocycles. The van der Waals surface area contributed by atoms with E-state index in [0.29, 0.717) is 12.0 Å². The molecule has 0 saturated carbocycles. The van der Waals surface area contributed by atoms with E-state index in [9.17, 15) is 5.26 Å². The van der Waals surface area contributed by atoms with Crippen molar-refractivity contribution < 1.29 is 4.42 Å². The first kappa shape index (κ1) is 23.3. The summed E-state index contributed by atoms with van der Waals surface area (Å²) in [5.74, 6) is 0.846. The standard InChI is InChI=1S/C37H30N2O/c38-23-24-8-7-9-27(22-24)25-16-18-26(19-17-25)28-10-1-4-13-32(28)39-33-14-5-2-12-31(33)36-34(39)21-20-30-29-11-3-6-15-35(29)40-37(30)36/h1-3,5-12,14-21,27-28,31-33H,4,13,22H2. The van der Waals surface area contributed by atoms with Gasteiger partial charge in [0.15, 0.2) is 0 Å². The maximum absolute atomic E-state index is 9.37. The van der Waals surface area contributed by atoms with E-state index in [1.54, 1.807) is 0 Å². The number of hydrogen-bond donors (Lipinski definition) is 0. The molecule has 3 heteroatoms. The van der Waals surface area contributed by atoms with Crippen LogP contribution < -0.4 is 4.90 Å². The molecule has 0 saturated heterocycles. The van der Waals surface area contributed by atoms with Crippen LogP contribution in [0.15, 0.2) is 125 Å². The molecule has 0 N–H and O–H groups in total. The molecule has 1 aromatic heterocycles. The second-order valence-electron chi connectivity index (χ2n) is 11.4. The number of furan rings is 1. The Hall–Kier alpha value is -4.55. The average Bonchev–Trinajstić information content (AvgIpc) is 3.57. The summed E-state index contributed by atoms with van der Waals surface area (Å²) in [6.45, 7) is 0. The number of benzene rings is 3. The van der Waals surface area contributed by atoms with Gasteiger partial charge in [-0.25, -0.2) is 0 Å². The number of nitriles is 1. The number of hydrogen-bond acceptors (Lipinski definition) is 3. The van der Waals surface area contributed by atoms with Crippen molar-refractivity contribution in [2.45, 2.75) is 49.1 Å². The summed E-state index contributed by atoms with van der Waals surface area (Å²) in [6.07, 6.45) is 23.1. The predicted octanol–water partition coefficient (Wildman–Crippen LogP) is 8.98. The molecule has 4 aliphatic rings. The van der Waals surface area contributed by atoms with E-state index in [-0.39, 0.29) is 17.9 Å². The number of anilines is 1. The molecule has 0 bridgehead atoms. The van der Waals surface area contributed by atoms with Crippen molar-refractivity contribution in [3.8, 4) is 6.07 Å². The molecule has 2 heterocycles. The number of fused-ring (bicyclic) bond motifs is 7. The Kier molecular flexibility index (Phi) is 5.42. The molecule has 0 spiro atoms. The van der Waals surface area contributed by atoms with Gasteiger partial charge in [0.1, 0.15) is 11.2 Å². The molecule has 4 aromatic rings. The third-order valence-corrected chi connectivity index (χ3v) is 9.32. The first-order valence-corrected chi connectivity index (χ1v) is 14.4. The van der Waals surface area contributed by atoms with E-state index in [2.05, 4.69) is 114 Å². The van der Waals surface area contributed by atoms with E-state index >= 15 is 0 Å². The lowest BCUT2D eigenvalue weighted by Gasteiger charge is -2.41. The van der Waals surface area contributed by atoms with E-state index in [1.807, 2.05) is 12.2 Å². The number of para-hydroxylation sites is 1. The van der Waals surface area contributed by atoms with Gasteiger partial charge < -0.3 is 9.32 Å². The second-order valence-corrected chi connectivity index (χ2v) is 11.4. The van der Waals surface area contributed by atoms with Crippen molar-refractivity contribution in [3.05, 3.63) is 138 Å². The van der Waals surface area contributed by atoms with Gasteiger partial charge in [-0.05, 0) is 54.7 Å². The SMILES string of the molecule is N#CC1=CC=CC(c2ccc(C3C=CCCC3N3c4ccc5c(oc6ccccc65)c4C4C=CC=CC43)cc2)C1. The minimum absolute atomic E-state index is 0.267. The first-order chi connectivity index (χ1) is 19.8. The third kappa shape index (κ3) is 3.56. The molecule has 5 unspecified atom stereocenters. The molecule has 8 rings (SSSR count). The van der Waals surface area contributed by atoms with E-state index in [4.69, 9.17) is 4.42 Å². The predicted molar refractivity (Wildman–Crippen MR) is 163 cm³/mol. The zero-order chi connectivity index (χ0) is 26.6. The van der Waals surface area contributed by atoms with Gasteiger partial charge in [-0.3, -0.25) is 0 Å². The summed E-state index contributed by atoms with van der Waals surface area (Å²) in [5, 5.41) is 11.8. The zero-order valence-corrected chi connectivity index (χ0v) is 22.3. The van der Waals surface area contributed by atoms with Crippen LogP contribution in [-0.2, 0) is 0 Å². The van der Waals surface area contributed by atoms with E-state index in [0.717, 1.165) is 36.0 Å². The van der Waals surface area contributed by atoms with Crippen molar-refractivity contribution >= 4 is 27.6 Å². The van der Waals surface area contributed by atoms with Gasteiger partial charge >= 0.3 is 0 Å². The highest BCUT2D eigenvalue weighted by Crippen LogP contribution is 2.52. The molecule has 0 fully saturated rings. The summed E-state index contributed by atoms with van der Waals surface area (Å²) in [6, 6.07) is 25.1. The fourth-order valence-corrected chi connectivity index (χ4v) is 7.45. The molecular formula is C37H30N2O. The van der Waals surface area contributed by atoms with Crippen molar-refractivity contribution in [1.29, 1.82) is 5.26 Å². The fraction of sp³-hybridized carbons (Fsp3) is 0.216. The fourth-order valence-electron chi connectivity index (χ4n) is 7.45. The molecular weight excluding hydrogens is 488 g/mol. The lowest BCUT2D eigenvalue weighted by molar-refractivity contribution is 0.472. The van der Waals surface area contributed by atoms with Gasteiger partial charge in [-0.15, -0.1) is 0 Å². The topological polar surface area (TPSA) is 40.2 Å². The summed E-state index contributed by atoms with van der Waals surface area (Å²) in [7, 11) is 0. The lowest BCUT2D eigenvalue weighted by atomic mass is 9.81. The number of allylic oxidation sites excluding steroid dienone is 7. The highest BCUT2D eigenvalue weighted by atomic mass is 16.3. The van der Waals surface area contributed by atoms with Crippen molar-refractivity contribution in [1.82, 2.24) is 0 Å². The van der Waals surface area contributed by atoms with Crippen LogP contribution in [0.4, 0.5) is 5.69 Å². The molecule has 40 heavy (non-hydrogen) atoms. The number of rotatable bonds is 3. The molecule has 0 radical (unpaired) electrons. The smallest absolute Gasteiger partial charge is 0.141 e. The summed E-state index contributed by atoms with van der Waals surface area (Å²) >= 11 is 0. The van der Waals surface area contributed by atoms with Gasteiger partial charge in [-0.1, -0.05) is 91.1 Å². The van der Waals surface area contributed by atoms with Gasteiger partial charge in [0.2, 0.25) is 0 Å². The minimum atomic E-state index is 0.267. The van der Waals surface area contributed by atoms with Crippen molar-refractivity contribution in [3.63, 3.8) is 0 Å². The number of nitrogens with zero attached hydrogens (tertiary/aromatic N) is 2. The maximum atomic E-state index is 9.37. The third-order valence-electron chi connectivity index (χ3n) is 9.32. The summed E-state index contributed by atoms with van der Waals surface area (Å²) in [4.78, 5) is 2.70. The van der Waals surface area contributed by atoms with Crippen LogP contribution in [0.5, 0.6) is 0 Å². The van der Waals surface area contributed by atoms with Crippen LogP contribution >= 0.6 is 0 Å². The van der Waals surface area contributed by atoms with Gasteiger partial charge in [0, 0.05) is 51.4 Å². The van der Waals surface area contributed by atoms with Crippen LogP contribution in [0.3, 0.4) is 0 Å². The Labute approximate surface area is 234 Å². The minimum Gasteiger partial charge on any atom is -0.456 e. The largest absolute Gasteiger partial charge is 0.456 e. The van der Waals surface area contributed by atoms with Crippen LogP contribution in [0, 0.1) is 11.3 Å². The van der Waals surface area contributed by atoms with Crippen LogP contribution in [0.25, 0.3) is 21.9 Å². The van der Waals surface area contributed by atoms with Crippen LogP contribution in [-0.4, -0.2) is 12.1 Å². The normalized spacial score (nSPS) is 26.6. The quantitative estimate of drug-likeness (QED) is 0.254. The molecule has 194 valence electrons. The van der Waals surface area contributed by atoms with Crippen molar-refractivity contribution in [2.24, 2.45) is 0 Å². The van der Waals surface area contributed by atoms with E-state index < -0.39 is 0 Å². The maximum Gasteiger partial charge on any atom is 0.141 e. The average molecular weight is 519 g/mol. The summed E-state index contributed by atoms with van der Waals surface area (Å²) < 4.78 is 6.55. The Morgan fingerprint density at radius 2 is 1.65 bits per heavy atom. The van der Waals surface area contributed by atoms with Crippen molar-refractivity contribution in [2.75, 3.05) is 4.90 Å². The van der Waals surface area contributed by atoms with Gasteiger partial charge in [-0.2, -0.15) is 5.26 Å². The molecule has 3 nitrogen and oxygen atoms in total. The lowest BCUT2D eigenvalue weighted by Crippen LogP contribution is -2.45. The first-order valence-electron chi connectivity index (χ1n) is 14.4. The molecule has 5 atom stereocenters. The Morgan fingerprint density at radius 1 is 0.800 bits per heavy atom. The van der Waals surface area contributed by atoms with Gasteiger partial charge in [0.25, 0.3) is 0 Å². The van der Waals surface area contributed by atoms with Crippen LogP contribution in [0.1, 0.15) is 53.7 Å². The summed E-state index contributed by atoms with van der Waals surface area (Å²) in [5.41, 5.74) is 8.11. The van der Waals surface area contributed by atoms with E-state index in [1.165, 1.54) is 33.2 Å². The zero-order valence-electron chi connectivity index (χ0n) is 22.3. The molecule has 0 amide bonds. The Balaban J connectivity index is 1.19. The highest BCUT2D eigenvalue weighted by Gasteiger charge is 2.44. The van der Waals surface area contributed by atoms with Gasteiger partial charge in [0.05, 0.1) is 12.1 Å². The molecule has 1 aliphatic heterocycles. The highest BCUT2D eigenvalue weighted by molar-refractivity contribution is 6.08. The second kappa shape index (κ2) is 9.28. The Morgan fingerprint density at radius 3 is 2.55 bits per heavy atom. The van der Waals surface area contributed by atoms with Crippen LogP contribution in [0.2, 0.25) is 0 Å².